The molecule has 3 aromatic carbocycles. The summed E-state index contributed by atoms with van der Waals surface area (Å²) in [6.07, 6.45) is 0.240. The summed E-state index contributed by atoms with van der Waals surface area (Å²) in [5.41, 5.74) is 5.11. The van der Waals surface area contributed by atoms with Gasteiger partial charge in [-0.25, -0.2) is 14.0 Å². The van der Waals surface area contributed by atoms with E-state index < -0.39 is 24.3 Å². The first-order valence-corrected chi connectivity index (χ1v) is 15.1. The smallest absolute Gasteiger partial charge is 0.337 e. The van der Waals surface area contributed by atoms with Gasteiger partial charge >= 0.3 is 12.0 Å². The fourth-order valence-electron chi connectivity index (χ4n) is 4.62. The molecule has 0 aromatic heterocycles. The van der Waals surface area contributed by atoms with E-state index in [1.165, 1.54) is 25.5 Å². The minimum Gasteiger partial charge on any atom is -0.490 e. The first-order valence-electron chi connectivity index (χ1n) is 14.7. The molecule has 0 unspecified atom stereocenters. The number of ether oxygens (including phenoxy) is 5. The molecule has 1 aliphatic heterocycles. The van der Waals surface area contributed by atoms with Crippen LogP contribution in [0.15, 0.2) is 71.0 Å². The molecular formula is C33H36ClFN4O8. The van der Waals surface area contributed by atoms with Gasteiger partial charge in [0.15, 0.2) is 29.2 Å². The van der Waals surface area contributed by atoms with Crippen molar-refractivity contribution in [2.45, 2.75) is 39.6 Å². The normalized spacial score (nSPS) is 15.0. The standard InChI is InChI=1S/C33H36ClFN4O8/c1-5-44-26-15-22(30-29(32(41)43-4)19(3)37-33(42)38-30)9-12-25(26)46-18-28(40)39-36-16-21-13-24(34)31(27(14-21)45-6-2)47-17-20-7-10-23(35)11-8-20/h7-16,28,30,39-40H,5-6,17-18H2,1-4H3,(H2,37,38,42)/b36-16-/t28-,30-/m0/s1. The molecule has 12 nitrogen and oxygen atoms in total. The predicted octanol–water partition coefficient (Wildman–Crippen LogP) is 4.98. The van der Waals surface area contributed by atoms with Crippen molar-refractivity contribution >= 4 is 29.8 Å². The second kappa shape index (κ2) is 16.5. The Hall–Kier alpha value is -5.01. The lowest BCUT2D eigenvalue weighted by Gasteiger charge is -2.28. The highest BCUT2D eigenvalue weighted by Gasteiger charge is 2.32. The summed E-state index contributed by atoms with van der Waals surface area (Å²) in [7, 11) is 1.26. The quantitative estimate of drug-likeness (QED) is 0.0761. The lowest BCUT2D eigenvalue weighted by molar-refractivity contribution is -0.136. The number of hydrogen-bond donors (Lipinski definition) is 4. The zero-order chi connectivity index (χ0) is 33.9. The summed E-state index contributed by atoms with van der Waals surface area (Å²) in [4.78, 5) is 24.6. The van der Waals surface area contributed by atoms with Gasteiger partial charge in [0.1, 0.15) is 19.0 Å². The lowest BCUT2D eigenvalue weighted by atomic mass is 9.95. The van der Waals surface area contributed by atoms with E-state index in [0.29, 0.717) is 53.0 Å². The van der Waals surface area contributed by atoms with Gasteiger partial charge in [-0.05, 0) is 73.9 Å². The first kappa shape index (κ1) is 34.9. The van der Waals surface area contributed by atoms with Crippen molar-refractivity contribution in [1.82, 2.24) is 16.1 Å². The summed E-state index contributed by atoms with van der Waals surface area (Å²) < 4.78 is 41.3. The molecule has 250 valence electrons. The molecule has 2 amide bonds. The topological polar surface area (TPSA) is 149 Å². The number of aliphatic hydroxyl groups excluding tert-OH is 1. The molecule has 2 atom stereocenters. The Morgan fingerprint density at radius 2 is 1.77 bits per heavy atom. The van der Waals surface area contributed by atoms with Crippen LogP contribution in [0, 0.1) is 5.82 Å². The average Bonchev–Trinajstić information content (AvgIpc) is 3.04. The molecule has 0 spiro atoms. The van der Waals surface area contributed by atoms with E-state index in [9.17, 15) is 19.1 Å². The average molecular weight is 671 g/mol. The number of carbonyl (C=O) groups excluding carboxylic acids is 2. The van der Waals surface area contributed by atoms with Crippen LogP contribution in [0.1, 0.15) is 43.5 Å². The second-order valence-electron chi connectivity index (χ2n) is 10.1. The van der Waals surface area contributed by atoms with E-state index in [2.05, 4.69) is 21.2 Å². The number of nitrogens with one attached hydrogen (secondary N) is 3. The van der Waals surface area contributed by atoms with Crippen LogP contribution in [-0.2, 0) is 16.1 Å². The maximum absolute atomic E-state index is 13.2. The molecule has 0 radical (unpaired) electrons. The Balaban J connectivity index is 1.40. The Morgan fingerprint density at radius 3 is 2.47 bits per heavy atom. The molecule has 3 aromatic rings. The monoisotopic (exact) mass is 670 g/mol. The molecule has 0 bridgehead atoms. The molecule has 4 rings (SSSR count). The van der Waals surface area contributed by atoms with Gasteiger partial charge in [0.05, 0.1) is 43.2 Å². The second-order valence-corrected chi connectivity index (χ2v) is 10.5. The van der Waals surface area contributed by atoms with Gasteiger partial charge in [0.25, 0.3) is 0 Å². The maximum Gasteiger partial charge on any atom is 0.337 e. The first-order chi connectivity index (χ1) is 22.6. The zero-order valence-electron chi connectivity index (χ0n) is 26.3. The van der Waals surface area contributed by atoms with Crippen LogP contribution in [0.5, 0.6) is 23.0 Å². The van der Waals surface area contributed by atoms with Crippen molar-refractivity contribution in [2.75, 3.05) is 26.9 Å². The van der Waals surface area contributed by atoms with Crippen LogP contribution in [0.3, 0.4) is 0 Å². The van der Waals surface area contributed by atoms with E-state index >= 15 is 0 Å². The number of esters is 1. The number of amides is 2. The summed E-state index contributed by atoms with van der Waals surface area (Å²) in [6, 6.07) is 13.0. The highest BCUT2D eigenvalue weighted by Crippen LogP contribution is 2.37. The Morgan fingerprint density at radius 1 is 1.04 bits per heavy atom. The molecule has 0 saturated heterocycles. The predicted molar refractivity (Wildman–Crippen MR) is 172 cm³/mol. The van der Waals surface area contributed by atoms with Crippen LogP contribution in [0.2, 0.25) is 5.02 Å². The van der Waals surface area contributed by atoms with Gasteiger partial charge < -0.3 is 39.4 Å². The van der Waals surface area contributed by atoms with Gasteiger partial charge in [-0.1, -0.05) is 29.8 Å². The minimum atomic E-state index is -1.21. The Bertz CT molecular complexity index is 1630. The summed E-state index contributed by atoms with van der Waals surface area (Å²) in [5, 5.41) is 20.2. The van der Waals surface area contributed by atoms with Crippen LogP contribution in [0.4, 0.5) is 9.18 Å². The van der Waals surface area contributed by atoms with Crippen LogP contribution in [-0.4, -0.2) is 56.5 Å². The molecule has 14 heteroatoms. The van der Waals surface area contributed by atoms with Gasteiger partial charge in [0, 0.05) is 5.70 Å². The fourth-order valence-corrected chi connectivity index (χ4v) is 4.90. The largest absolute Gasteiger partial charge is 0.490 e. The summed E-state index contributed by atoms with van der Waals surface area (Å²) >= 11 is 6.49. The van der Waals surface area contributed by atoms with E-state index in [1.54, 1.807) is 56.3 Å². The lowest BCUT2D eigenvalue weighted by Crippen LogP contribution is -2.45. The van der Waals surface area contributed by atoms with Crippen LogP contribution < -0.4 is 35.0 Å². The molecule has 1 heterocycles. The number of urea groups is 1. The van der Waals surface area contributed by atoms with E-state index in [-0.39, 0.29) is 29.6 Å². The van der Waals surface area contributed by atoms with Crippen molar-refractivity contribution in [1.29, 1.82) is 0 Å². The van der Waals surface area contributed by atoms with Crippen molar-refractivity contribution in [2.24, 2.45) is 5.10 Å². The highest BCUT2D eigenvalue weighted by molar-refractivity contribution is 6.32. The number of hydrogen-bond acceptors (Lipinski definition) is 10. The van der Waals surface area contributed by atoms with E-state index in [1.807, 2.05) is 6.92 Å². The number of rotatable bonds is 15. The minimum absolute atomic E-state index is 0.162. The van der Waals surface area contributed by atoms with Crippen molar-refractivity contribution in [3.8, 4) is 23.0 Å². The van der Waals surface area contributed by atoms with E-state index in [0.717, 1.165) is 5.56 Å². The Kier molecular flexibility index (Phi) is 12.3. The Labute approximate surface area is 276 Å². The third-order valence-electron chi connectivity index (χ3n) is 6.74. The maximum atomic E-state index is 13.2. The number of nitrogens with zero attached hydrogens (tertiary/aromatic N) is 1. The fraction of sp³-hybridized carbons (Fsp3) is 0.303. The van der Waals surface area contributed by atoms with Crippen molar-refractivity contribution < 1.29 is 42.8 Å². The molecule has 1 aliphatic rings. The number of benzene rings is 3. The van der Waals surface area contributed by atoms with Crippen molar-refractivity contribution in [3.63, 3.8) is 0 Å². The summed E-state index contributed by atoms with van der Waals surface area (Å²) in [5.74, 6) is 0.473. The van der Waals surface area contributed by atoms with E-state index in [4.69, 9.17) is 35.3 Å². The van der Waals surface area contributed by atoms with Gasteiger partial charge in [-0.15, -0.1) is 0 Å². The number of carbonyl (C=O) groups is 2. The third kappa shape index (κ3) is 9.27. The number of allylic oxidation sites excluding steroid dienone is 1. The molecule has 0 aliphatic carbocycles. The number of hydrazone groups is 1. The number of aliphatic hydroxyl groups is 1. The van der Waals surface area contributed by atoms with Gasteiger partial charge in [-0.2, -0.15) is 5.10 Å². The van der Waals surface area contributed by atoms with Gasteiger partial charge in [0.2, 0.25) is 0 Å². The zero-order valence-corrected chi connectivity index (χ0v) is 27.0. The molecule has 4 N–H and O–H groups in total. The SMILES string of the molecule is CCOc1cc([C@@H]2NC(=O)NC(C)=C2C(=O)OC)ccc1OC[C@H](O)N/N=C\c1cc(Cl)c(OCc2ccc(F)cc2)c(OCC)c1. The van der Waals surface area contributed by atoms with Crippen LogP contribution in [0.25, 0.3) is 0 Å². The number of halogens is 2. The van der Waals surface area contributed by atoms with Gasteiger partial charge in [-0.3, -0.25) is 5.43 Å². The van der Waals surface area contributed by atoms with Crippen molar-refractivity contribution in [3.05, 3.63) is 93.4 Å². The third-order valence-corrected chi connectivity index (χ3v) is 7.02. The van der Waals surface area contributed by atoms with Crippen LogP contribution >= 0.6 is 11.6 Å². The molecule has 0 fully saturated rings. The highest BCUT2D eigenvalue weighted by atomic mass is 35.5. The summed E-state index contributed by atoms with van der Waals surface area (Å²) in [6.45, 7) is 5.87. The molecular weight excluding hydrogens is 635 g/mol. The molecule has 0 saturated carbocycles. The number of methoxy groups -OCH3 is 1. The molecule has 47 heavy (non-hydrogen) atoms.